The van der Waals surface area contributed by atoms with Crippen molar-refractivity contribution in [2.24, 2.45) is 5.73 Å². The molecule has 3 nitrogen and oxygen atoms in total. The van der Waals surface area contributed by atoms with Gasteiger partial charge in [-0.25, -0.2) is 4.98 Å². The molecule has 0 radical (unpaired) electrons. The van der Waals surface area contributed by atoms with Crippen LogP contribution in [-0.4, -0.2) is 10.9 Å². The first-order valence-electron chi connectivity index (χ1n) is 6.68. The van der Waals surface area contributed by atoms with Crippen LogP contribution in [0.1, 0.15) is 15.9 Å². The van der Waals surface area contributed by atoms with E-state index in [-0.39, 0.29) is 0 Å². The van der Waals surface area contributed by atoms with Crippen LogP contribution in [0, 0.1) is 0 Å². The van der Waals surface area contributed by atoms with Crippen molar-refractivity contribution in [3.05, 3.63) is 59.7 Å². The van der Waals surface area contributed by atoms with Gasteiger partial charge in [-0.15, -0.1) is 11.8 Å². The zero-order chi connectivity index (χ0) is 14.4. The van der Waals surface area contributed by atoms with Crippen molar-refractivity contribution in [2.45, 2.75) is 10.6 Å². The van der Waals surface area contributed by atoms with Gasteiger partial charge in [-0.1, -0.05) is 18.2 Å². The molecule has 1 aliphatic heterocycles. The van der Waals surface area contributed by atoms with Crippen LogP contribution in [0.15, 0.2) is 53.4 Å². The van der Waals surface area contributed by atoms with Crippen molar-refractivity contribution >= 4 is 28.6 Å². The van der Waals surface area contributed by atoms with Gasteiger partial charge in [-0.3, -0.25) is 4.79 Å². The number of carbonyl (C=O) groups excluding carboxylic acids is 1. The van der Waals surface area contributed by atoms with Crippen LogP contribution in [-0.2, 0) is 5.75 Å². The Morgan fingerprint density at radius 3 is 2.86 bits per heavy atom. The number of pyridine rings is 1. The van der Waals surface area contributed by atoms with Crippen molar-refractivity contribution in [3.63, 3.8) is 0 Å². The topological polar surface area (TPSA) is 56.0 Å². The fraction of sp³-hybridized carbons (Fsp3) is 0.0588. The molecule has 0 saturated heterocycles. The lowest BCUT2D eigenvalue weighted by atomic mass is 10.0. The Labute approximate surface area is 126 Å². The molecule has 0 spiro atoms. The molecule has 2 N–H and O–H groups in total. The van der Waals surface area contributed by atoms with Crippen molar-refractivity contribution < 1.29 is 4.79 Å². The van der Waals surface area contributed by atoms with Crippen molar-refractivity contribution in [1.29, 1.82) is 0 Å². The number of primary amides is 1. The van der Waals surface area contributed by atoms with Gasteiger partial charge < -0.3 is 5.73 Å². The average Bonchev–Trinajstić information content (AvgIpc) is 2.52. The molecule has 3 aromatic rings. The summed E-state index contributed by atoms with van der Waals surface area (Å²) < 4.78 is 0. The Bertz CT molecular complexity index is 889. The summed E-state index contributed by atoms with van der Waals surface area (Å²) in [5.41, 5.74) is 10.2. The number of hydrogen-bond acceptors (Lipinski definition) is 3. The molecule has 0 atom stereocenters. The van der Waals surface area contributed by atoms with Crippen LogP contribution in [0.3, 0.4) is 0 Å². The van der Waals surface area contributed by atoms with Gasteiger partial charge in [0.1, 0.15) is 0 Å². The Morgan fingerprint density at radius 1 is 1.14 bits per heavy atom. The minimum Gasteiger partial charge on any atom is -0.366 e. The summed E-state index contributed by atoms with van der Waals surface area (Å²) >= 11 is 1.82. The number of fused-ring (bicyclic) bond motifs is 4. The second-order valence-corrected chi connectivity index (χ2v) is 6.07. The van der Waals surface area contributed by atoms with E-state index in [2.05, 4.69) is 24.3 Å². The molecule has 21 heavy (non-hydrogen) atoms. The Morgan fingerprint density at radius 2 is 2.00 bits per heavy atom. The molecule has 0 aliphatic carbocycles. The number of rotatable bonds is 1. The first-order valence-corrected chi connectivity index (χ1v) is 7.66. The lowest BCUT2D eigenvalue weighted by Crippen LogP contribution is -2.10. The first kappa shape index (κ1) is 12.4. The highest BCUT2D eigenvalue weighted by Gasteiger charge is 2.18. The van der Waals surface area contributed by atoms with Gasteiger partial charge in [0.05, 0.1) is 11.2 Å². The third-order valence-corrected chi connectivity index (χ3v) is 4.83. The highest BCUT2D eigenvalue weighted by atomic mass is 32.2. The highest BCUT2D eigenvalue weighted by molar-refractivity contribution is 7.98. The summed E-state index contributed by atoms with van der Waals surface area (Å²) in [6.07, 6.45) is 0. The first-order chi connectivity index (χ1) is 10.2. The molecule has 102 valence electrons. The molecule has 4 heteroatoms. The number of hydrogen-bond donors (Lipinski definition) is 1. The Kier molecular flexibility index (Phi) is 2.72. The van der Waals surface area contributed by atoms with E-state index < -0.39 is 5.91 Å². The lowest BCUT2D eigenvalue weighted by molar-refractivity contribution is 0.100. The molecule has 0 bridgehead atoms. The molecule has 0 fully saturated rings. The van der Waals surface area contributed by atoms with E-state index in [1.54, 1.807) is 6.07 Å². The average molecular weight is 292 g/mol. The van der Waals surface area contributed by atoms with Crippen LogP contribution in [0.2, 0.25) is 0 Å². The maximum absolute atomic E-state index is 11.3. The van der Waals surface area contributed by atoms with Crippen molar-refractivity contribution in [2.75, 3.05) is 0 Å². The van der Waals surface area contributed by atoms with E-state index in [0.29, 0.717) is 5.56 Å². The number of nitrogens with two attached hydrogens (primary N) is 1. The van der Waals surface area contributed by atoms with Gasteiger partial charge in [0.15, 0.2) is 0 Å². The van der Waals surface area contributed by atoms with E-state index >= 15 is 0 Å². The second-order valence-electron chi connectivity index (χ2n) is 5.05. The fourth-order valence-corrected chi connectivity index (χ4v) is 3.69. The quantitative estimate of drug-likeness (QED) is 0.745. The van der Waals surface area contributed by atoms with E-state index in [0.717, 1.165) is 22.3 Å². The predicted molar refractivity (Wildman–Crippen MR) is 85.3 cm³/mol. The highest BCUT2D eigenvalue weighted by Crippen LogP contribution is 2.41. The Balaban J connectivity index is 1.97. The second kappa shape index (κ2) is 4.60. The van der Waals surface area contributed by atoms with Crippen LogP contribution in [0.25, 0.3) is 22.2 Å². The van der Waals surface area contributed by atoms with Crippen molar-refractivity contribution in [3.8, 4) is 11.3 Å². The summed E-state index contributed by atoms with van der Waals surface area (Å²) in [4.78, 5) is 17.4. The minimum absolute atomic E-state index is 0.408. The van der Waals surface area contributed by atoms with Crippen LogP contribution in [0.5, 0.6) is 0 Å². The zero-order valence-electron chi connectivity index (χ0n) is 11.2. The molecule has 2 aromatic carbocycles. The summed E-state index contributed by atoms with van der Waals surface area (Å²) in [5.74, 6) is 0.491. The molecule has 1 amide bonds. The van der Waals surface area contributed by atoms with Gasteiger partial charge in [0, 0.05) is 27.2 Å². The summed E-state index contributed by atoms with van der Waals surface area (Å²) in [5, 5.41) is 0.963. The normalized spacial score (nSPS) is 12.8. The maximum Gasteiger partial charge on any atom is 0.248 e. The van der Waals surface area contributed by atoms with Crippen LogP contribution in [0.4, 0.5) is 0 Å². The molecule has 0 unspecified atom stereocenters. The largest absolute Gasteiger partial charge is 0.366 e. The molecule has 2 heterocycles. The fourth-order valence-electron chi connectivity index (χ4n) is 2.66. The van der Waals surface area contributed by atoms with Gasteiger partial charge >= 0.3 is 0 Å². The smallest absolute Gasteiger partial charge is 0.248 e. The third-order valence-electron chi connectivity index (χ3n) is 3.70. The number of aromatic nitrogens is 1. The van der Waals surface area contributed by atoms with E-state index in [1.165, 1.54) is 16.0 Å². The number of carbonyl (C=O) groups is 1. The zero-order valence-corrected chi connectivity index (χ0v) is 12.0. The number of thioether (sulfide) groups is 1. The Hall–Kier alpha value is -2.33. The van der Waals surface area contributed by atoms with E-state index in [9.17, 15) is 4.79 Å². The van der Waals surface area contributed by atoms with Gasteiger partial charge in [0.2, 0.25) is 5.91 Å². The number of nitrogens with zero attached hydrogens (tertiary/aromatic N) is 1. The molecular formula is C17H12N2OS. The number of benzene rings is 2. The minimum atomic E-state index is -0.408. The maximum atomic E-state index is 11.3. The lowest BCUT2D eigenvalue weighted by Gasteiger charge is -2.19. The van der Waals surface area contributed by atoms with Crippen LogP contribution >= 0.6 is 11.8 Å². The summed E-state index contributed by atoms with van der Waals surface area (Å²) in [6, 6.07) is 15.9. The van der Waals surface area contributed by atoms with E-state index in [1.807, 2.05) is 30.0 Å². The predicted octanol–water partition coefficient (Wildman–Crippen LogP) is 3.61. The summed E-state index contributed by atoms with van der Waals surface area (Å²) in [7, 11) is 0. The molecule has 4 rings (SSSR count). The molecule has 0 saturated carbocycles. The van der Waals surface area contributed by atoms with Crippen molar-refractivity contribution in [1.82, 2.24) is 4.98 Å². The third kappa shape index (κ3) is 1.99. The SMILES string of the molecule is NC(=O)c1ccc2nc3c(cc2c1)CSc1ccccc1-3. The van der Waals surface area contributed by atoms with Gasteiger partial charge in [-0.2, -0.15) is 0 Å². The number of amides is 1. The molecule has 1 aliphatic rings. The standard InChI is InChI=1S/C17H12N2OS/c18-17(20)10-5-6-14-11(7-10)8-12-9-21-15-4-2-1-3-13(15)16(12)19-14/h1-8H,9H2,(H2,18,20). The molecule has 1 aromatic heterocycles. The molecular weight excluding hydrogens is 280 g/mol. The van der Waals surface area contributed by atoms with E-state index in [4.69, 9.17) is 10.7 Å². The van der Waals surface area contributed by atoms with Gasteiger partial charge in [-0.05, 0) is 35.9 Å². The van der Waals surface area contributed by atoms with Crippen LogP contribution < -0.4 is 5.73 Å². The summed E-state index contributed by atoms with van der Waals surface area (Å²) in [6.45, 7) is 0. The van der Waals surface area contributed by atoms with Gasteiger partial charge in [0.25, 0.3) is 0 Å². The monoisotopic (exact) mass is 292 g/mol.